The van der Waals surface area contributed by atoms with Gasteiger partial charge in [-0.3, -0.25) is 10.1 Å². The lowest BCUT2D eigenvalue weighted by Crippen LogP contribution is -2.32. The van der Waals surface area contributed by atoms with E-state index in [2.05, 4.69) is 0 Å². The third-order valence-corrected chi connectivity index (χ3v) is 6.90. The smallest absolute Gasteiger partial charge is 0.289 e. The number of aryl methyl sites for hydroxylation is 1. The van der Waals surface area contributed by atoms with Crippen LogP contribution in [0.15, 0.2) is 47.4 Å². The van der Waals surface area contributed by atoms with Crippen molar-refractivity contribution in [3.63, 3.8) is 0 Å². The second-order valence-corrected chi connectivity index (χ2v) is 8.64. The molecule has 0 saturated carbocycles. The monoisotopic (exact) mass is 431 g/mol. The molecule has 0 amide bonds. The third-order valence-electron chi connectivity index (χ3n) is 4.54. The number of hydrogen-bond acceptors (Lipinski definition) is 5. The summed E-state index contributed by atoms with van der Waals surface area (Å²) in [6.45, 7) is 1.91. The van der Waals surface area contributed by atoms with Gasteiger partial charge in [0.15, 0.2) is 0 Å². The normalized spacial score (nSPS) is 20.3. The molecule has 0 aliphatic carbocycles. The molecule has 1 aliphatic rings. The van der Waals surface area contributed by atoms with Gasteiger partial charge in [-0.15, -0.1) is 12.4 Å². The molecular formula is C17H19Cl2N3O4S. The van der Waals surface area contributed by atoms with Gasteiger partial charge in [0.1, 0.15) is 9.92 Å². The molecule has 1 heterocycles. The van der Waals surface area contributed by atoms with Crippen molar-refractivity contribution in [1.29, 1.82) is 0 Å². The summed E-state index contributed by atoms with van der Waals surface area (Å²) in [6, 6.07) is 11.7. The highest BCUT2D eigenvalue weighted by molar-refractivity contribution is 7.89. The number of benzene rings is 2. The Kier molecular flexibility index (Phi) is 6.49. The first-order valence-electron chi connectivity index (χ1n) is 7.97. The largest absolute Gasteiger partial charge is 0.326 e. The topological polar surface area (TPSA) is 107 Å². The first kappa shape index (κ1) is 21.6. The molecular weight excluding hydrogens is 413 g/mol. The Morgan fingerprint density at radius 3 is 2.44 bits per heavy atom. The van der Waals surface area contributed by atoms with E-state index in [1.54, 1.807) is 6.92 Å². The van der Waals surface area contributed by atoms with Gasteiger partial charge < -0.3 is 5.73 Å². The Morgan fingerprint density at radius 2 is 1.85 bits per heavy atom. The lowest BCUT2D eigenvalue weighted by atomic mass is 9.95. The first-order valence-corrected chi connectivity index (χ1v) is 9.79. The lowest BCUT2D eigenvalue weighted by molar-refractivity contribution is -0.385. The van der Waals surface area contributed by atoms with Crippen LogP contribution in [0.1, 0.15) is 17.0 Å². The molecule has 0 unspecified atom stereocenters. The molecule has 2 atom stereocenters. The molecule has 10 heteroatoms. The van der Waals surface area contributed by atoms with Gasteiger partial charge in [-0.05, 0) is 24.1 Å². The zero-order valence-electron chi connectivity index (χ0n) is 14.4. The summed E-state index contributed by atoms with van der Waals surface area (Å²) in [7, 11) is -4.00. The van der Waals surface area contributed by atoms with Crippen LogP contribution in [0, 0.1) is 17.0 Å². The van der Waals surface area contributed by atoms with Gasteiger partial charge in [0.2, 0.25) is 10.0 Å². The van der Waals surface area contributed by atoms with Crippen LogP contribution in [0.25, 0.3) is 0 Å². The van der Waals surface area contributed by atoms with Crippen molar-refractivity contribution in [1.82, 2.24) is 4.31 Å². The second-order valence-electron chi connectivity index (χ2n) is 6.36. The molecule has 2 N–H and O–H groups in total. The molecule has 7 nitrogen and oxygen atoms in total. The van der Waals surface area contributed by atoms with E-state index in [0.29, 0.717) is 5.56 Å². The summed E-state index contributed by atoms with van der Waals surface area (Å²) in [5.41, 5.74) is 7.16. The molecule has 0 bridgehead atoms. The molecule has 0 aromatic heterocycles. The Labute approximate surface area is 168 Å². The molecule has 1 aliphatic heterocycles. The zero-order valence-corrected chi connectivity index (χ0v) is 16.8. The predicted molar refractivity (Wildman–Crippen MR) is 106 cm³/mol. The molecule has 2 aromatic carbocycles. The lowest BCUT2D eigenvalue weighted by Gasteiger charge is -2.18. The summed E-state index contributed by atoms with van der Waals surface area (Å²) in [4.78, 5) is 10.2. The van der Waals surface area contributed by atoms with Gasteiger partial charge in [0.25, 0.3) is 5.69 Å². The highest BCUT2D eigenvalue weighted by Crippen LogP contribution is 2.37. The fourth-order valence-corrected chi connectivity index (χ4v) is 5.36. The van der Waals surface area contributed by atoms with Crippen molar-refractivity contribution >= 4 is 39.7 Å². The van der Waals surface area contributed by atoms with Crippen molar-refractivity contribution in [3.05, 3.63) is 68.7 Å². The number of halogens is 2. The van der Waals surface area contributed by atoms with Gasteiger partial charge in [-0.25, -0.2) is 8.42 Å². The second kappa shape index (κ2) is 8.12. The Bertz CT molecular complexity index is 954. The highest BCUT2D eigenvalue weighted by atomic mass is 35.5. The molecule has 3 rings (SSSR count). The number of rotatable bonds is 4. The zero-order chi connectivity index (χ0) is 19.1. The van der Waals surface area contributed by atoms with Gasteiger partial charge in [-0.2, -0.15) is 4.31 Å². The average Bonchev–Trinajstić information content (AvgIpc) is 2.99. The van der Waals surface area contributed by atoms with Crippen LogP contribution >= 0.6 is 24.0 Å². The van der Waals surface area contributed by atoms with Crippen LogP contribution in [0.4, 0.5) is 5.69 Å². The Hall–Kier alpha value is -1.71. The maximum absolute atomic E-state index is 13.1. The first-order chi connectivity index (χ1) is 12.2. The summed E-state index contributed by atoms with van der Waals surface area (Å²) in [5.74, 6) is -0.149. The number of sulfonamides is 1. The van der Waals surface area contributed by atoms with E-state index in [0.717, 1.165) is 5.56 Å². The molecule has 0 radical (unpaired) electrons. The molecule has 2 aromatic rings. The van der Waals surface area contributed by atoms with Crippen LogP contribution in [0.5, 0.6) is 0 Å². The molecule has 1 saturated heterocycles. The third kappa shape index (κ3) is 4.09. The molecule has 27 heavy (non-hydrogen) atoms. The Balaban J connectivity index is 0.00000261. The summed E-state index contributed by atoms with van der Waals surface area (Å²) >= 11 is 6.05. The van der Waals surface area contributed by atoms with Crippen LogP contribution in [-0.4, -0.2) is 36.8 Å². The minimum atomic E-state index is -4.00. The van der Waals surface area contributed by atoms with Crippen LogP contribution in [0.3, 0.4) is 0 Å². The molecule has 1 fully saturated rings. The number of nitro benzene ring substituents is 1. The van der Waals surface area contributed by atoms with Crippen molar-refractivity contribution in [2.75, 3.05) is 13.1 Å². The van der Waals surface area contributed by atoms with Gasteiger partial charge in [0, 0.05) is 31.1 Å². The maximum atomic E-state index is 13.1. The average molecular weight is 432 g/mol. The molecule has 0 spiro atoms. The van der Waals surface area contributed by atoms with Gasteiger partial charge in [0.05, 0.1) is 4.92 Å². The number of hydrogen-bond donors (Lipinski definition) is 1. The van der Waals surface area contributed by atoms with E-state index in [1.807, 2.05) is 30.3 Å². The van der Waals surface area contributed by atoms with Gasteiger partial charge in [-0.1, -0.05) is 41.9 Å². The van der Waals surface area contributed by atoms with Crippen LogP contribution < -0.4 is 5.73 Å². The summed E-state index contributed by atoms with van der Waals surface area (Å²) < 4.78 is 27.4. The Morgan fingerprint density at radius 1 is 1.22 bits per heavy atom. The van der Waals surface area contributed by atoms with E-state index in [4.69, 9.17) is 17.3 Å². The SMILES string of the molecule is Cc1cc([N+](=O)[O-])c(Cl)c(S(=O)(=O)N2C[C@@H](N)[C@H](c3ccccc3)C2)c1.Cl. The van der Waals surface area contributed by atoms with E-state index in [9.17, 15) is 18.5 Å². The van der Waals surface area contributed by atoms with E-state index >= 15 is 0 Å². The number of nitrogens with zero attached hydrogens (tertiary/aromatic N) is 2. The highest BCUT2D eigenvalue weighted by Gasteiger charge is 2.40. The maximum Gasteiger partial charge on any atom is 0.289 e. The fraction of sp³-hybridized carbons (Fsp3) is 0.294. The van der Waals surface area contributed by atoms with Crippen molar-refractivity contribution < 1.29 is 13.3 Å². The van der Waals surface area contributed by atoms with Crippen LogP contribution in [0.2, 0.25) is 5.02 Å². The number of nitrogens with two attached hydrogens (primary N) is 1. The van der Waals surface area contributed by atoms with E-state index < -0.39 is 20.6 Å². The van der Waals surface area contributed by atoms with E-state index in [1.165, 1.54) is 16.4 Å². The quantitative estimate of drug-likeness (QED) is 0.590. The van der Waals surface area contributed by atoms with Gasteiger partial charge >= 0.3 is 0 Å². The minimum Gasteiger partial charge on any atom is -0.326 e. The van der Waals surface area contributed by atoms with E-state index in [-0.39, 0.29) is 47.4 Å². The minimum absolute atomic E-state index is 0. The molecule has 146 valence electrons. The summed E-state index contributed by atoms with van der Waals surface area (Å²) in [6.07, 6.45) is 0. The predicted octanol–water partition coefficient (Wildman–Crippen LogP) is 3.09. The standard InChI is InChI=1S/C17H18ClN3O4S.ClH/c1-11-7-15(21(22)23)17(18)16(8-11)26(24,25)20-9-13(14(19)10-20)12-5-3-2-4-6-12;/h2-8,13-14H,9-10,19H2,1H3;1H/t13-,14+;/m0./s1. The van der Waals surface area contributed by atoms with Crippen molar-refractivity contribution in [3.8, 4) is 0 Å². The van der Waals surface area contributed by atoms with Crippen LogP contribution in [-0.2, 0) is 10.0 Å². The fourth-order valence-electron chi connectivity index (χ4n) is 3.22. The van der Waals surface area contributed by atoms with Crippen molar-refractivity contribution in [2.45, 2.75) is 23.8 Å². The van der Waals surface area contributed by atoms with Crippen molar-refractivity contribution in [2.24, 2.45) is 5.73 Å². The number of nitro groups is 1. The summed E-state index contributed by atoms with van der Waals surface area (Å²) in [5, 5.41) is 10.8.